The second-order valence-electron chi connectivity index (χ2n) is 6.95. The van der Waals surface area contributed by atoms with Crippen LogP contribution in [0.3, 0.4) is 0 Å². The maximum absolute atomic E-state index is 4.84. The summed E-state index contributed by atoms with van der Waals surface area (Å²) in [6, 6.07) is 34.7. The first-order valence-corrected chi connectivity index (χ1v) is 9.76. The topological polar surface area (TPSA) is 56.5 Å². The summed E-state index contributed by atoms with van der Waals surface area (Å²) in [6.45, 7) is 0. The van der Waals surface area contributed by atoms with Gasteiger partial charge in [-0.15, -0.1) is 15.0 Å². The molecule has 0 spiro atoms. The van der Waals surface area contributed by atoms with Crippen molar-refractivity contribution < 1.29 is 0 Å². The van der Waals surface area contributed by atoms with E-state index in [9.17, 15) is 0 Å². The minimum atomic E-state index is -0.767. The molecule has 5 heteroatoms. The quantitative estimate of drug-likeness (QED) is 0.413. The monoisotopic (exact) mass is 389 g/mol. The van der Waals surface area contributed by atoms with E-state index in [1.807, 2.05) is 66.7 Å². The molecule has 0 fully saturated rings. The van der Waals surface area contributed by atoms with Crippen LogP contribution in [0.2, 0.25) is 0 Å². The molecule has 0 aliphatic rings. The smallest absolute Gasteiger partial charge is 0.206 e. The van der Waals surface area contributed by atoms with Gasteiger partial charge in [0.15, 0.2) is 5.54 Å². The molecule has 2 heterocycles. The molecule has 0 unspecified atom stereocenters. The third kappa shape index (κ3) is 2.97. The highest BCUT2D eigenvalue weighted by Crippen LogP contribution is 2.39. The van der Waals surface area contributed by atoms with Gasteiger partial charge in [-0.05, 0) is 34.0 Å². The number of pyridine rings is 1. The van der Waals surface area contributed by atoms with Gasteiger partial charge >= 0.3 is 0 Å². The fourth-order valence-corrected chi connectivity index (χ4v) is 3.85. The normalized spacial score (nSPS) is 11.3. The van der Waals surface area contributed by atoms with Crippen LogP contribution in [0.15, 0.2) is 116 Å². The van der Waals surface area contributed by atoms with Crippen LogP contribution in [0, 0.1) is 0 Å². The fraction of sp³-hybridized carbons (Fsp3) is 0.0400. The number of nitrogens with zero attached hydrogens (tertiary/aromatic N) is 5. The Morgan fingerprint density at radius 1 is 0.600 bits per heavy atom. The molecule has 0 aliphatic carbocycles. The van der Waals surface area contributed by atoms with Gasteiger partial charge in [-0.3, -0.25) is 4.98 Å². The average molecular weight is 389 g/mol. The molecule has 0 amide bonds. The Kier molecular flexibility index (Phi) is 4.62. The highest BCUT2D eigenvalue weighted by Gasteiger charge is 2.41. The van der Waals surface area contributed by atoms with Crippen LogP contribution in [-0.4, -0.2) is 25.2 Å². The molecule has 0 atom stereocenters. The predicted octanol–water partition coefficient (Wildman–Crippen LogP) is 4.58. The van der Waals surface area contributed by atoms with Crippen LogP contribution in [0.25, 0.3) is 11.4 Å². The molecule has 144 valence electrons. The van der Waals surface area contributed by atoms with Crippen molar-refractivity contribution in [3.8, 4) is 11.4 Å². The largest absolute Gasteiger partial charge is 0.264 e. The third-order valence-corrected chi connectivity index (χ3v) is 5.21. The Bertz CT molecular complexity index is 1120. The summed E-state index contributed by atoms with van der Waals surface area (Å²) in [5.74, 6) is 0.537. The minimum absolute atomic E-state index is 0.537. The number of rotatable bonds is 5. The fourth-order valence-electron chi connectivity index (χ4n) is 3.85. The first-order valence-electron chi connectivity index (χ1n) is 9.76. The molecule has 5 aromatic rings. The number of hydrogen-bond acceptors (Lipinski definition) is 4. The summed E-state index contributed by atoms with van der Waals surface area (Å²) in [6.07, 6.45) is 3.48. The van der Waals surface area contributed by atoms with E-state index < -0.39 is 5.54 Å². The number of benzene rings is 3. The van der Waals surface area contributed by atoms with E-state index in [1.54, 1.807) is 17.2 Å². The van der Waals surface area contributed by atoms with Crippen LogP contribution in [0.1, 0.15) is 16.7 Å². The van der Waals surface area contributed by atoms with Crippen molar-refractivity contribution in [2.45, 2.75) is 5.54 Å². The summed E-state index contributed by atoms with van der Waals surface area (Å²) in [4.78, 5) is 5.91. The van der Waals surface area contributed by atoms with Crippen molar-refractivity contribution in [1.29, 1.82) is 0 Å². The highest BCUT2D eigenvalue weighted by molar-refractivity contribution is 5.53. The minimum Gasteiger partial charge on any atom is -0.264 e. The van der Waals surface area contributed by atoms with E-state index in [0.717, 1.165) is 22.3 Å². The van der Waals surface area contributed by atoms with Crippen molar-refractivity contribution in [3.05, 3.63) is 132 Å². The Balaban J connectivity index is 1.82. The van der Waals surface area contributed by atoms with Crippen molar-refractivity contribution >= 4 is 0 Å². The third-order valence-electron chi connectivity index (χ3n) is 5.21. The zero-order valence-electron chi connectivity index (χ0n) is 16.2. The molecule has 0 N–H and O–H groups in total. The molecule has 5 rings (SSSR count). The van der Waals surface area contributed by atoms with E-state index in [2.05, 4.69) is 51.7 Å². The van der Waals surface area contributed by atoms with Gasteiger partial charge in [0, 0.05) is 18.0 Å². The Hall–Kier alpha value is -4.12. The van der Waals surface area contributed by atoms with Crippen LogP contribution >= 0.6 is 0 Å². The van der Waals surface area contributed by atoms with Gasteiger partial charge in [-0.25, -0.2) is 0 Å². The number of aromatic nitrogens is 5. The molecule has 0 saturated carbocycles. The standard InChI is InChI=1S/C25H19N5/c1-4-12-21(13-5-1)25(22-14-6-2-7-15-22,23-16-8-3-9-17-23)30-28-24(27-29-30)20-11-10-18-26-19-20/h1-19H. The highest BCUT2D eigenvalue weighted by atomic mass is 15.6. The lowest BCUT2D eigenvalue weighted by Crippen LogP contribution is -2.39. The first kappa shape index (κ1) is 17.9. The van der Waals surface area contributed by atoms with Gasteiger partial charge in [-0.1, -0.05) is 91.0 Å². The van der Waals surface area contributed by atoms with Crippen molar-refractivity contribution in [2.75, 3.05) is 0 Å². The number of tetrazole rings is 1. The second kappa shape index (κ2) is 7.72. The van der Waals surface area contributed by atoms with Gasteiger partial charge in [0.25, 0.3) is 0 Å². The lowest BCUT2D eigenvalue weighted by molar-refractivity contribution is 0.396. The van der Waals surface area contributed by atoms with Crippen LogP contribution in [-0.2, 0) is 5.54 Å². The lowest BCUT2D eigenvalue weighted by atomic mass is 9.77. The SMILES string of the molecule is c1ccc(C(c2ccccc2)(c2ccccc2)n2nnc(-c3cccnc3)n2)cc1. The summed E-state index contributed by atoms with van der Waals surface area (Å²) in [5.41, 5.74) is 3.22. The van der Waals surface area contributed by atoms with E-state index in [1.165, 1.54) is 0 Å². The molecule has 30 heavy (non-hydrogen) atoms. The van der Waals surface area contributed by atoms with E-state index in [0.29, 0.717) is 5.82 Å². The van der Waals surface area contributed by atoms with Crippen LogP contribution in [0.5, 0.6) is 0 Å². The molecule has 2 aromatic heterocycles. The number of hydrogen-bond donors (Lipinski definition) is 0. The lowest BCUT2D eigenvalue weighted by Gasteiger charge is -2.34. The summed E-state index contributed by atoms with van der Waals surface area (Å²) >= 11 is 0. The summed E-state index contributed by atoms with van der Waals surface area (Å²) in [7, 11) is 0. The van der Waals surface area contributed by atoms with Gasteiger partial charge in [0.05, 0.1) is 0 Å². The molecule has 0 radical (unpaired) electrons. The maximum atomic E-state index is 4.84. The van der Waals surface area contributed by atoms with E-state index in [-0.39, 0.29) is 0 Å². The molecular formula is C25H19N5. The van der Waals surface area contributed by atoms with E-state index >= 15 is 0 Å². The van der Waals surface area contributed by atoms with Gasteiger partial charge in [-0.2, -0.15) is 0 Å². The molecule has 3 aromatic carbocycles. The maximum Gasteiger partial charge on any atom is 0.206 e. The Labute approximate surface area is 174 Å². The van der Waals surface area contributed by atoms with Crippen LogP contribution < -0.4 is 0 Å². The summed E-state index contributed by atoms with van der Waals surface area (Å²) < 4.78 is 0. The van der Waals surface area contributed by atoms with Crippen molar-refractivity contribution in [3.63, 3.8) is 0 Å². The molecule has 0 saturated heterocycles. The first-order chi connectivity index (χ1) is 14.9. The van der Waals surface area contributed by atoms with Crippen molar-refractivity contribution in [1.82, 2.24) is 25.2 Å². The predicted molar refractivity (Wildman–Crippen MR) is 116 cm³/mol. The van der Waals surface area contributed by atoms with Gasteiger partial charge < -0.3 is 0 Å². The zero-order chi connectivity index (χ0) is 20.2. The summed E-state index contributed by atoms with van der Waals surface area (Å²) in [5, 5.41) is 13.7. The van der Waals surface area contributed by atoms with Crippen LogP contribution in [0.4, 0.5) is 0 Å². The molecular weight excluding hydrogens is 370 g/mol. The van der Waals surface area contributed by atoms with E-state index in [4.69, 9.17) is 5.10 Å². The Morgan fingerprint density at radius 2 is 1.13 bits per heavy atom. The average Bonchev–Trinajstić information content (AvgIpc) is 3.33. The second-order valence-corrected chi connectivity index (χ2v) is 6.95. The zero-order valence-corrected chi connectivity index (χ0v) is 16.2. The van der Waals surface area contributed by atoms with Gasteiger partial charge in [0.1, 0.15) is 0 Å². The molecule has 0 aliphatic heterocycles. The van der Waals surface area contributed by atoms with Crippen molar-refractivity contribution in [2.24, 2.45) is 0 Å². The van der Waals surface area contributed by atoms with Gasteiger partial charge in [0.2, 0.25) is 5.82 Å². The Morgan fingerprint density at radius 3 is 1.60 bits per heavy atom. The molecule has 0 bridgehead atoms. The molecule has 5 nitrogen and oxygen atoms in total.